The predicted octanol–water partition coefficient (Wildman–Crippen LogP) is 8.66. The summed E-state index contributed by atoms with van der Waals surface area (Å²) in [7, 11) is -4.35. The van der Waals surface area contributed by atoms with Crippen molar-refractivity contribution in [3.63, 3.8) is 0 Å². The summed E-state index contributed by atoms with van der Waals surface area (Å²) in [5.41, 5.74) is 5.48. The number of imidazole rings is 1. The highest BCUT2D eigenvalue weighted by Gasteiger charge is 2.38. The van der Waals surface area contributed by atoms with Crippen LogP contribution in [-0.2, 0) is 46.2 Å². The first-order valence-electron chi connectivity index (χ1n) is 23.4. The van der Waals surface area contributed by atoms with Crippen molar-refractivity contribution < 1.29 is 36.6 Å². The molecule has 0 radical (unpaired) electrons. The lowest BCUT2D eigenvalue weighted by molar-refractivity contribution is -0.118. The highest BCUT2D eigenvalue weighted by atomic mass is 32.2. The fourth-order valence-electron chi connectivity index (χ4n) is 9.21. The van der Waals surface area contributed by atoms with E-state index in [0.29, 0.717) is 58.7 Å². The lowest BCUT2D eigenvalue weighted by atomic mass is 9.93. The molecule has 2 saturated heterocycles. The normalized spacial score (nSPS) is 14.7. The van der Waals surface area contributed by atoms with Crippen LogP contribution < -0.4 is 39.1 Å². The summed E-state index contributed by atoms with van der Waals surface area (Å²) in [6, 6.07) is 44.4. The summed E-state index contributed by atoms with van der Waals surface area (Å²) in [4.78, 5) is 47.0. The molecule has 0 bridgehead atoms. The number of fused-ring (bicyclic) bond motifs is 2. The van der Waals surface area contributed by atoms with Gasteiger partial charge in [0.15, 0.2) is 5.82 Å². The topological polar surface area (TPSA) is 166 Å². The van der Waals surface area contributed by atoms with E-state index in [1.54, 1.807) is 27.3 Å². The number of nitrogens with zero attached hydrogens (tertiary/aromatic N) is 5. The number of halogens is 1. The van der Waals surface area contributed by atoms with Gasteiger partial charge in [0.2, 0.25) is 17.7 Å². The molecule has 10 rings (SSSR count). The number of ether oxygens (including phenoxy) is 3. The minimum Gasteiger partial charge on any atom is -0.487 e. The standard InChI is InChI=1S/C54H50FN7O8S/c1-2-60-46-31-42(19-21-44(46)62(54(60)65)45-22-23-50(69-34-38-14-8-4-9-15-38)57-53(45)70-35-39-16-10-5-11-17-39)59-26-24-36(25-27-59)28-48(63)56-41-18-20-43-40(29-41)30-47(68-33-37-12-6-3-7-13-37)52(51(43)55)61-32-49(64)58-71(61,66)67/h3-23,29-31,36H,2,24-28,32-35H2,1H3,(H,56,63)(H,58,64). The number of hydrogen-bond donors (Lipinski definition) is 2. The molecule has 2 aliphatic rings. The number of hydrogen-bond acceptors (Lipinski definition) is 10. The Kier molecular flexibility index (Phi) is 13.1. The average molecular weight is 976 g/mol. The molecule has 2 fully saturated rings. The Morgan fingerprint density at radius 3 is 2.04 bits per heavy atom. The smallest absolute Gasteiger partial charge is 0.333 e. The van der Waals surface area contributed by atoms with Gasteiger partial charge in [-0.1, -0.05) is 91.0 Å². The molecule has 362 valence electrons. The van der Waals surface area contributed by atoms with E-state index in [2.05, 4.69) is 10.2 Å². The van der Waals surface area contributed by atoms with Gasteiger partial charge >= 0.3 is 15.9 Å². The highest BCUT2D eigenvalue weighted by molar-refractivity contribution is 7.92. The summed E-state index contributed by atoms with van der Waals surface area (Å²) >= 11 is 0. The second-order valence-corrected chi connectivity index (χ2v) is 19.1. The van der Waals surface area contributed by atoms with Gasteiger partial charge in [0.1, 0.15) is 43.5 Å². The van der Waals surface area contributed by atoms with Crippen LogP contribution in [0.1, 0.15) is 42.9 Å². The summed E-state index contributed by atoms with van der Waals surface area (Å²) < 4.78 is 66.5. The second kappa shape index (κ2) is 20.0. The lowest BCUT2D eigenvalue weighted by Crippen LogP contribution is -2.34. The molecule has 0 aliphatic carbocycles. The third-order valence-electron chi connectivity index (χ3n) is 12.8. The van der Waals surface area contributed by atoms with E-state index in [-0.39, 0.29) is 59.9 Å². The molecule has 0 saturated carbocycles. The zero-order valence-electron chi connectivity index (χ0n) is 38.8. The van der Waals surface area contributed by atoms with Gasteiger partial charge in [0, 0.05) is 48.9 Å². The number of carbonyl (C=O) groups is 2. The monoisotopic (exact) mass is 975 g/mol. The Hall–Kier alpha value is -8.18. The summed E-state index contributed by atoms with van der Waals surface area (Å²) in [5, 5.41) is 3.43. The van der Waals surface area contributed by atoms with Crippen LogP contribution in [0.4, 0.5) is 21.5 Å². The maximum absolute atomic E-state index is 16.4. The first kappa shape index (κ1) is 46.5. The predicted molar refractivity (Wildman–Crippen MR) is 270 cm³/mol. The van der Waals surface area contributed by atoms with Crippen molar-refractivity contribution in [3.8, 4) is 23.2 Å². The lowest BCUT2D eigenvalue weighted by Gasteiger charge is -2.33. The molecular formula is C54H50FN7O8S. The number of amides is 2. The van der Waals surface area contributed by atoms with Gasteiger partial charge in [-0.15, -0.1) is 0 Å². The van der Waals surface area contributed by atoms with Crippen LogP contribution in [-0.4, -0.2) is 54.0 Å². The number of aromatic nitrogens is 3. The van der Waals surface area contributed by atoms with Gasteiger partial charge in [0.25, 0.3) is 5.91 Å². The van der Waals surface area contributed by atoms with Gasteiger partial charge < -0.3 is 24.4 Å². The van der Waals surface area contributed by atoms with Gasteiger partial charge in [-0.2, -0.15) is 13.4 Å². The fourth-order valence-corrected chi connectivity index (χ4v) is 10.4. The minimum atomic E-state index is -4.35. The van der Waals surface area contributed by atoms with Gasteiger partial charge in [-0.05, 0) is 96.3 Å². The number of rotatable bonds is 16. The maximum Gasteiger partial charge on any atom is 0.333 e. The summed E-state index contributed by atoms with van der Waals surface area (Å²) in [5.74, 6) is -1.20. The molecule has 0 atom stereocenters. The van der Waals surface area contributed by atoms with Crippen molar-refractivity contribution in [3.05, 3.63) is 179 Å². The van der Waals surface area contributed by atoms with Gasteiger partial charge in [-0.3, -0.25) is 18.7 Å². The van der Waals surface area contributed by atoms with E-state index < -0.39 is 28.5 Å². The van der Waals surface area contributed by atoms with Crippen LogP contribution in [0.15, 0.2) is 150 Å². The fraction of sp³-hybridized carbons (Fsp3) is 0.222. The van der Waals surface area contributed by atoms with Gasteiger partial charge in [-0.25, -0.2) is 18.2 Å². The van der Waals surface area contributed by atoms with Crippen molar-refractivity contribution in [2.24, 2.45) is 5.92 Å². The molecule has 0 spiro atoms. The van der Waals surface area contributed by atoms with Crippen LogP contribution in [0.3, 0.4) is 0 Å². The summed E-state index contributed by atoms with van der Waals surface area (Å²) in [6.45, 7) is 3.75. The molecule has 2 aromatic heterocycles. The van der Waals surface area contributed by atoms with Crippen LogP contribution >= 0.6 is 0 Å². The van der Waals surface area contributed by atoms with Crippen molar-refractivity contribution in [1.82, 2.24) is 18.8 Å². The molecule has 8 aromatic rings. The largest absolute Gasteiger partial charge is 0.487 e. The van der Waals surface area contributed by atoms with E-state index in [1.807, 2.05) is 127 Å². The summed E-state index contributed by atoms with van der Waals surface area (Å²) in [6.07, 6.45) is 1.78. The number of carbonyl (C=O) groups excluding carboxylic acids is 2. The van der Waals surface area contributed by atoms with E-state index in [9.17, 15) is 22.8 Å². The van der Waals surface area contributed by atoms with Crippen LogP contribution in [0.5, 0.6) is 17.5 Å². The average Bonchev–Trinajstić information content (AvgIpc) is 3.83. The first-order valence-corrected chi connectivity index (χ1v) is 24.9. The molecule has 71 heavy (non-hydrogen) atoms. The third-order valence-corrected chi connectivity index (χ3v) is 14.2. The number of nitrogens with one attached hydrogen (secondary N) is 2. The number of piperidine rings is 1. The van der Waals surface area contributed by atoms with E-state index in [4.69, 9.17) is 19.2 Å². The first-order chi connectivity index (χ1) is 34.5. The molecule has 4 heterocycles. The minimum absolute atomic E-state index is 0.0114. The number of anilines is 3. The Morgan fingerprint density at radius 1 is 0.761 bits per heavy atom. The highest BCUT2D eigenvalue weighted by Crippen LogP contribution is 2.41. The van der Waals surface area contributed by atoms with Gasteiger partial charge in [0.05, 0.1) is 11.0 Å². The van der Waals surface area contributed by atoms with Crippen molar-refractivity contribution >= 4 is 60.9 Å². The van der Waals surface area contributed by atoms with Crippen LogP contribution in [0.2, 0.25) is 0 Å². The van der Waals surface area contributed by atoms with Crippen LogP contribution in [0, 0.1) is 11.7 Å². The molecule has 15 nitrogen and oxygen atoms in total. The molecule has 2 amide bonds. The second-order valence-electron chi connectivity index (χ2n) is 17.5. The Morgan fingerprint density at radius 2 is 1.41 bits per heavy atom. The van der Waals surface area contributed by atoms with E-state index in [1.165, 1.54) is 12.1 Å². The number of pyridine rings is 1. The molecule has 0 unspecified atom stereocenters. The molecule has 17 heteroatoms. The SMILES string of the molecule is CCn1c(=O)n(-c2ccc(OCc3ccccc3)nc2OCc2ccccc2)c2ccc(N3CCC(CC(=O)Nc4ccc5c(F)c(N6CC(=O)NS6(=O)=O)c(OCc6ccccc6)cc5c4)CC3)cc21. The maximum atomic E-state index is 16.4. The quantitative estimate of drug-likeness (QED) is 0.0957. The van der Waals surface area contributed by atoms with Crippen molar-refractivity contribution in [1.29, 1.82) is 0 Å². The van der Waals surface area contributed by atoms with E-state index >= 15 is 4.39 Å². The molecule has 2 N–H and O–H groups in total. The number of benzene rings is 6. The number of aryl methyl sites for hydroxylation is 1. The van der Waals surface area contributed by atoms with Crippen LogP contribution in [0.25, 0.3) is 27.5 Å². The van der Waals surface area contributed by atoms with Crippen molar-refractivity contribution in [2.75, 3.05) is 34.2 Å². The Balaban J connectivity index is 0.831. The zero-order valence-corrected chi connectivity index (χ0v) is 39.6. The zero-order chi connectivity index (χ0) is 49.1. The molecular weight excluding hydrogens is 926 g/mol. The third kappa shape index (κ3) is 9.99. The Bertz CT molecular complexity index is 3440. The van der Waals surface area contributed by atoms with E-state index in [0.717, 1.165) is 40.7 Å². The molecule has 6 aromatic carbocycles. The Labute approximate surface area is 409 Å². The molecule has 2 aliphatic heterocycles. The van der Waals surface area contributed by atoms with Crippen molar-refractivity contribution in [2.45, 2.75) is 52.6 Å².